The Kier molecular flexibility index (Phi) is 6.13. The highest BCUT2D eigenvalue weighted by molar-refractivity contribution is 5.45. The Morgan fingerprint density at radius 2 is 1.83 bits per heavy atom. The van der Waals surface area contributed by atoms with Crippen LogP contribution in [0.5, 0.6) is 0 Å². The molecule has 1 aromatic rings. The lowest BCUT2D eigenvalue weighted by molar-refractivity contribution is 0.396. The second-order valence-corrected chi connectivity index (χ2v) is 5.42. The second-order valence-electron chi connectivity index (χ2n) is 5.42. The predicted octanol–water partition coefficient (Wildman–Crippen LogP) is 3.27. The fraction of sp³-hybridized carbons (Fsp3) is 0.600. The first-order valence-electron chi connectivity index (χ1n) is 6.69. The van der Waals surface area contributed by atoms with Gasteiger partial charge < -0.3 is 10.6 Å². The number of nitrogens with two attached hydrogens (primary N) is 1. The van der Waals surface area contributed by atoms with Gasteiger partial charge in [-0.3, -0.25) is 0 Å². The molecule has 0 fully saturated rings. The summed E-state index contributed by atoms with van der Waals surface area (Å²) in [6, 6.07) is 6.63. The Bertz CT molecular complexity index is 335. The van der Waals surface area contributed by atoms with Gasteiger partial charge in [0.1, 0.15) is 5.82 Å². The molecule has 0 aliphatic carbocycles. The topological polar surface area (TPSA) is 29.3 Å². The molecule has 1 unspecified atom stereocenters. The summed E-state index contributed by atoms with van der Waals surface area (Å²) >= 11 is 0. The number of rotatable bonds is 7. The Balaban J connectivity index is 2.44. The summed E-state index contributed by atoms with van der Waals surface area (Å²) in [4.78, 5) is 2.16. The maximum Gasteiger partial charge on any atom is 0.123 e. The Morgan fingerprint density at radius 3 is 2.33 bits per heavy atom. The SMILES string of the molecule is CC(C)CC(CN)CCN(C)c1ccc(F)cc1. The number of benzene rings is 1. The van der Waals surface area contributed by atoms with Crippen molar-refractivity contribution in [3.63, 3.8) is 0 Å². The van der Waals surface area contributed by atoms with Gasteiger partial charge in [-0.25, -0.2) is 4.39 Å². The highest BCUT2D eigenvalue weighted by Crippen LogP contribution is 2.18. The molecular formula is C15H25FN2. The standard InChI is InChI=1S/C15H25FN2/c1-12(2)10-13(11-17)8-9-18(3)15-6-4-14(16)5-7-15/h4-7,12-13H,8-11,17H2,1-3H3. The van der Waals surface area contributed by atoms with Crippen molar-refractivity contribution in [1.29, 1.82) is 0 Å². The molecule has 2 N–H and O–H groups in total. The van der Waals surface area contributed by atoms with Gasteiger partial charge in [-0.05, 0) is 55.5 Å². The lowest BCUT2D eigenvalue weighted by atomic mass is 9.94. The van der Waals surface area contributed by atoms with Crippen molar-refractivity contribution in [2.45, 2.75) is 26.7 Å². The van der Waals surface area contributed by atoms with E-state index >= 15 is 0 Å². The van der Waals surface area contributed by atoms with Gasteiger partial charge in [0.15, 0.2) is 0 Å². The molecule has 1 rings (SSSR count). The molecule has 0 amide bonds. The number of hydrogen-bond donors (Lipinski definition) is 1. The van der Waals surface area contributed by atoms with Gasteiger partial charge >= 0.3 is 0 Å². The molecule has 0 radical (unpaired) electrons. The van der Waals surface area contributed by atoms with Crippen molar-refractivity contribution in [3.05, 3.63) is 30.1 Å². The van der Waals surface area contributed by atoms with E-state index < -0.39 is 0 Å². The number of halogens is 1. The zero-order valence-electron chi connectivity index (χ0n) is 11.7. The predicted molar refractivity (Wildman–Crippen MR) is 76.3 cm³/mol. The minimum Gasteiger partial charge on any atom is -0.375 e. The molecule has 102 valence electrons. The molecule has 0 bridgehead atoms. The first kappa shape index (κ1) is 15.0. The smallest absolute Gasteiger partial charge is 0.123 e. The van der Waals surface area contributed by atoms with E-state index in [9.17, 15) is 4.39 Å². The van der Waals surface area contributed by atoms with Crippen LogP contribution in [0.4, 0.5) is 10.1 Å². The van der Waals surface area contributed by atoms with Gasteiger partial charge in [0, 0.05) is 19.3 Å². The van der Waals surface area contributed by atoms with Gasteiger partial charge in [0.2, 0.25) is 0 Å². The van der Waals surface area contributed by atoms with Crippen LogP contribution in [-0.2, 0) is 0 Å². The zero-order chi connectivity index (χ0) is 13.5. The monoisotopic (exact) mass is 252 g/mol. The summed E-state index contributed by atoms with van der Waals surface area (Å²) in [5.41, 5.74) is 6.85. The first-order valence-corrected chi connectivity index (χ1v) is 6.69. The van der Waals surface area contributed by atoms with Crippen LogP contribution >= 0.6 is 0 Å². The van der Waals surface area contributed by atoms with Crippen LogP contribution in [0, 0.1) is 17.7 Å². The van der Waals surface area contributed by atoms with Crippen LogP contribution in [-0.4, -0.2) is 20.1 Å². The Hall–Kier alpha value is -1.09. The Morgan fingerprint density at radius 1 is 1.22 bits per heavy atom. The average molecular weight is 252 g/mol. The lowest BCUT2D eigenvalue weighted by Crippen LogP contribution is -2.25. The van der Waals surface area contributed by atoms with E-state index in [4.69, 9.17) is 5.73 Å². The normalized spacial score (nSPS) is 12.8. The van der Waals surface area contributed by atoms with Crippen LogP contribution in [0.15, 0.2) is 24.3 Å². The van der Waals surface area contributed by atoms with E-state index in [-0.39, 0.29) is 5.82 Å². The van der Waals surface area contributed by atoms with Crippen molar-refractivity contribution in [1.82, 2.24) is 0 Å². The highest BCUT2D eigenvalue weighted by atomic mass is 19.1. The van der Waals surface area contributed by atoms with Crippen LogP contribution < -0.4 is 10.6 Å². The highest BCUT2D eigenvalue weighted by Gasteiger charge is 2.10. The van der Waals surface area contributed by atoms with Gasteiger partial charge in [0.05, 0.1) is 0 Å². The van der Waals surface area contributed by atoms with Crippen molar-refractivity contribution in [3.8, 4) is 0 Å². The maximum atomic E-state index is 12.8. The maximum absolute atomic E-state index is 12.8. The lowest BCUT2D eigenvalue weighted by Gasteiger charge is -2.23. The van der Waals surface area contributed by atoms with Crippen LogP contribution in [0.3, 0.4) is 0 Å². The molecule has 18 heavy (non-hydrogen) atoms. The average Bonchev–Trinajstić information content (AvgIpc) is 2.34. The second kappa shape index (κ2) is 7.37. The van der Waals surface area contributed by atoms with Crippen molar-refractivity contribution in [2.75, 3.05) is 25.0 Å². The van der Waals surface area contributed by atoms with E-state index in [2.05, 4.69) is 18.7 Å². The third-order valence-corrected chi connectivity index (χ3v) is 3.28. The molecular weight excluding hydrogens is 227 g/mol. The number of hydrogen-bond acceptors (Lipinski definition) is 2. The summed E-state index contributed by atoms with van der Waals surface area (Å²) in [5.74, 6) is 1.08. The molecule has 0 aliphatic heterocycles. The van der Waals surface area contributed by atoms with E-state index in [1.807, 2.05) is 19.2 Å². The molecule has 0 saturated heterocycles. The third-order valence-electron chi connectivity index (χ3n) is 3.28. The summed E-state index contributed by atoms with van der Waals surface area (Å²) in [6.45, 7) is 6.16. The summed E-state index contributed by atoms with van der Waals surface area (Å²) in [5, 5.41) is 0. The van der Waals surface area contributed by atoms with Crippen LogP contribution in [0.1, 0.15) is 26.7 Å². The fourth-order valence-electron chi connectivity index (χ4n) is 2.20. The molecule has 1 atom stereocenters. The molecule has 3 heteroatoms. The molecule has 2 nitrogen and oxygen atoms in total. The zero-order valence-corrected chi connectivity index (χ0v) is 11.7. The van der Waals surface area contributed by atoms with Crippen molar-refractivity contribution < 1.29 is 4.39 Å². The van der Waals surface area contributed by atoms with Crippen molar-refractivity contribution in [2.24, 2.45) is 17.6 Å². The van der Waals surface area contributed by atoms with Crippen LogP contribution in [0.25, 0.3) is 0 Å². The number of anilines is 1. The number of nitrogens with zero attached hydrogens (tertiary/aromatic N) is 1. The van der Waals surface area contributed by atoms with E-state index in [1.165, 1.54) is 18.6 Å². The molecule has 0 spiro atoms. The quantitative estimate of drug-likeness (QED) is 0.807. The van der Waals surface area contributed by atoms with Gasteiger partial charge in [-0.15, -0.1) is 0 Å². The van der Waals surface area contributed by atoms with E-state index in [1.54, 1.807) is 0 Å². The molecule has 0 heterocycles. The summed E-state index contributed by atoms with van der Waals surface area (Å²) in [7, 11) is 2.04. The molecule has 0 aromatic heterocycles. The van der Waals surface area contributed by atoms with Gasteiger partial charge in [-0.2, -0.15) is 0 Å². The van der Waals surface area contributed by atoms with Gasteiger partial charge in [0.25, 0.3) is 0 Å². The van der Waals surface area contributed by atoms with Gasteiger partial charge in [-0.1, -0.05) is 13.8 Å². The van der Waals surface area contributed by atoms with Crippen LogP contribution in [0.2, 0.25) is 0 Å². The molecule has 0 saturated carbocycles. The fourth-order valence-corrected chi connectivity index (χ4v) is 2.20. The molecule has 0 aliphatic rings. The van der Waals surface area contributed by atoms with E-state index in [0.29, 0.717) is 11.8 Å². The largest absolute Gasteiger partial charge is 0.375 e. The third kappa shape index (κ3) is 5.05. The summed E-state index contributed by atoms with van der Waals surface area (Å²) < 4.78 is 12.8. The minimum absolute atomic E-state index is 0.188. The Labute approximate surface area is 110 Å². The molecule has 1 aromatic carbocycles. The first-order chi connectivity index (χ1) is 8.52. The van der Waals surface area contributed by atoms with Crippen molar-refractivity contribution >= 4 is 5.69 Å². The minimum atomic E-state index is -0.188. The summed E-state index contributed by atoms with van der Waals surface area (Å²) in [6.07, 6.45) is 2.26. The van der Waals surface area contributed by atoms with E-state index in [0.717, 1.165) is 25.2 Å².